The van der Waals surface area contributed by atoms with Crippen molar-refractivity contribution in [3.63, 3.8) is 0 Å². The minimum atomic E-state index is 0.127. The van der Waals surface area contributed by atoms with Gasteiger partial charge in [0.2, 0.25) is 11.0 Å². The SMILES string of the molecule is C=CCNc1nnc(SCC(=O)N(C)[C@H]2CCCc3ccccc32)s1. The Morgan fingerprint density at radius 1 is 1.48 bits per heavy atom. The number of carbonyl (C=O) groups excluding carboxylic acids is 1. The quantitative estimate of drug-likeness (QED) is 0.591. The van der Waals surface area contributed by atoms with Gasteiger partial charge >= 0.3 is 0 Å². The molecule has 1 aliphatic rings. The summed E-state index contributed by atoms with van der Waals surface area (Å²) in [5.41, 5.74) is 2.66. The Morgan fingerprint density at radius 3 is 3.16 bits per heavy atom. The summed E-state index contributed by atoms with van der Waals surface area (Å²) in [5.74, 6) is 0.508. The van der Waals surface area contributed by atoms with Crippen molar-refractivity contribution in [2.45, 2.75) is 29.6 Å². The van der Waals surface area contributed by atoms with Gasteiger partial charge in [-0.05, 0) is 30.4 Å². The average Bonchev–Trinajstić information content (AvgIpc) is 3.11. The third-order valence-electron chi connectivity index (χ3n) is 4.32. The van der Waals surface area contributed by atoms with E-state index in [0.717, 1.165) is 28.7 Å². The molecule has 0 unspecified atom stereocenters. The zero-order valence-electron chi connectivity index (χ0n) is 14.3. The van der Waals surface area contributed by atoms with Gasteiger partial charge in [0.15, 0.2) is 4.34 Å². The summed E-state index contributed by atoms with van der Waals surface area (Å²) in [5, 5.41) is 12.0. The summed E-state index contributed by atoms with van der Waals surface area (Å²) in [4.78, 5) is 14.5. The van der Waals surface area contributed by atoms with Crippen molar-refractivity contribution in [3.8, 4) is 0 Å². The zero-order chi connectivity index (χ0) is 17.6. The van der Waals surface area contributed by atoms with Crippen LogP contribution in [0, 0.1) is 0 Å². The van der Waals surface area contributed by atoms with Gasteiger partial charge in [-0.15, -0.1) is 16.8 Å². The summed E-state index contributed by atoms with van der Waals surface area (Å²) < 4.78 is 0.803. The number of anilines is 1. The summed E-state index contributed by atoms with van der Waals surface area (Å²) in [6.07, 6.45) is 5.03. The van der Waals surface area contributed by atoms with E-state index >= 15 is 0 Å². The molecule has 0 bridgehead atoms. The lowest BCUT2D eigenvalue weighted by Gasteiger charge is -2.33. The first-order chi connectivity index (χ1) is 12.2. The molecule has 0 saturated carbocycles. The van der Waals surface area contributed by atoms with Gasteiger partial charge in [0.1, 0.15) is 0 Å². The third-order valence-corrected chi connectivity index (χ3v) is 6.32. The fourth-order valence-electron chi connectivity index (χ4n) is 3.03. The highest BCUT2D eigenvalue weighted by Gasteiger charge is 2.26. The lowest BCUT2D eigenvalue weighted by molar-refractivity contribution is -0.129. The van der Waals surface area contributed by atoms with E-state index < -0.39 is 0 Å². The van der Waals surface area contributed by atoms with E-state index in [1.54, 1.807) is 6.08 Å². The highest BCUT2D eigenvalue weighted by molar-refractivity contribution is 8.01. The highest BCUT2D eigenvalue weighted by Crippen LogP contribution is 2.34. The van der Waals surface area contributed by atoms with Gasteiger partial charge in [-0.1, -0.05) is 53.4 Å². The number of rotatable bonds is 7. The lowest BCUT2D eigenvalue weighted by atomic mass is 9.87. The number of hydrogen-bond acceptors (Lipinski definition) is 6. The van der Waals surface area contributed by atoms with E-state index in [1.807, 2.05) is 11.9 Å². The van der Waals surface area contributed by atoms with Crippen LogP contribution >= 0.6 is 23.1 Å². The van der Waals surface area contributed by atoms with Crippen LogP contribution in [0.25, 0.3) is 0 Å². The van der Waals surface area contributed by atoms with Gasteiger partial charge in [0.25, 0.3) is 0 Å². The normalized spacial score (nSPS) is 16.1. The topological polar surface area (TPSA) is 58.1 Å². The smallest absolute Gasteiger partial charge is 0.233 e. The lowest BCUT2D eigenvalue weighted by Crippen LogP contribution is -2.34. The molecule has 1 aliphatic carbocycles. The monoisotopic (exact) mass is 374 g/mol. The Bertz CT molecular complexity index is 746. The number of carbonyl (C=O) groups is 1. The zero-order valence-corrected chi connectivity index (χ0v) is 15.9. The maximum absolute atomic E-state index is 12.6. The second-order valence-electron chi connectivity index (χ2n) is 5.94. The van der Waals surface area contributed by atoms with Gasteiger partial charge in [-0.2, -0.15) is 0 Å². The molecule has 0 saturated heterocycles. The summed E-state index contributed by atoms with van der Waals surface area (Å²) in [6.45, 7) is 4.32. The molecule has 5 nitrogen and oxygen atoms in total. The first-order valence-corrected chi connectivity index (χ1v) is 10.1. The van der Waals surface area contributed by atoms with Crippen molar-refractivity contribution in [1.29, 1.82) is 0 Å². The average molecular weight is 375 g/mol. The number of hydrogen-bond donors (Lipinski definition) is 1. The number of thioether (sulfide) groups is 1. The van der Waals surface area contributed by atoms with Crippen molar-refractivity contribution in [1.82, 2.24) is 15.1 Å². The van der Waals surface area contributed by atoms with E-state index in [1.165, 1.54) is 34.2 Å². The minimum absolute atomic E-state index is 0.127. The van der Waals surface area contributed by atoms with E-state index in [-0.39, 0.29) is 11.9 Å². The number of aryl methyl sites for hydroxylation is 1. The molecule has 1 amide bonds. The minimum Gasteiger partial charge on any atom is -0.357 e. The number of benzene rings is 1. The number of nitrogens with zero attached hydrogens (tertiary/aromatic N) is 3. The molecular weight excluding hydrogens is 352 g/mol. The van der Waals surface area contributed by atoms with Gasteiger partial charge in [0.05, 0.1) is 11.8 Å². The number of fused-ring (bicyclic) bond motifs is 1. The van der Waals surface area contributed by atoms with Gasteiger partial charge in [0, 0.05) is 13.6 Å². The standard InChI is InChI=1S/C18H22N4OS2/c1-3-11-19-17-20-21-18(25-17)24-12-16(23)22(2)15-10-6-8-13-7-4-5-9-14(13)15/h3-5,7,9,15H,1,6,8,10-12H2,2H3,(H,19,20)/t15-/m0/s1. The second-order valence-corrected chi connectivity index (χ2v) is 8.14. The third kappa shape index (κ3) is 4.41. The van der Waals surface area contributed by atoms with Crippen LogP contribution in [0.5, 0.6) is 0 Å². The van der Waals surface area contributed by atoms with Crippen LogP contribution in [-0.2, 0) is 11.2 Å². The maximum Gasteiger partial charge on any atom is 0.233 e. The van der Waals surface area contributed by atoms with Crippen LogP contribution in [0.3, 0.4) is 0 Å². The molecule has 2 aromatic rings. The van der Waals surface area contributed by atoms with Crippen LogP contribution in [0.15, 0.2) is 41.3 Å². The fraction of sp³-hybridized carbons (Fsp3) is 0.389. The Hall–Kier alpha value is -1.86. The molecule has 132 valence electrons. The molecule has 1 N–H and O–H groups in total. The largest absolute Gasteiger partial charge is 0.357 e. The van der Waals surface area contributed by atoms with E-state index in [0.29, 0.717) is 12.3 Å². The number of aromatic nitrogens is 2. The van der Waals surface area contributed by atoms with Crippen LogP contribution in [0.1, 0.15) is 30.0 Å². The first-order valence-electron chi connectivity index (χ1n) is 8.33. The molecule has 0 spiro atoms. The van der Waals surface area contributed by atoms with Crippen molar-refractivity contribution in [3.05, 3.63) is 48.0 Å². The predicted octanol–water partition coefficient (Wildman–Crippen LogP) is 3.76. The molecule has 0 fully saturated rings. The Balaban J connectivity index is 1.58. The molecular formula is C18H22N4OS2. The summed E-state index contributed by atoms with van der Waals surface area (Å²) >= 11 is 2.91. The molecule has 0 aliphatic heterocycles. The molecule has 1 heterocycles. The van der Waals surface area contributed by atoms with Crippen molar-refractivity contribution in [2.75, 3.05) is 24.7 Å². The Morgan fingerprint density at radius 2 is 2.32 bits per heavy atom. The predicted molar refractivity (Wildman–Crippen MR) is 104 cm³/mol. The first kappa shape index (κ1) is 17.9. The number of nitrogens with one attached hydrogen (secondary N) is 1. The van der Waals surface area contributed by atoms with E-state index in [4.69, 9.17) is 0 Å². The van der Waals surface area contributed by atoms with Crippen LogP contribution in [0.2, 0.25) is 0 Å². The highest BCUT2D eigenvalue weighted by atomic mass is 32.2. The fourth-order valence-corrected chi connectivity index (χ4v) is 4.71. The van der Waals surface area contributed by atoms with Crippen molar-refractivity contribution in [2.24, 2.45) is 0 Å². The Kier molecular flexibility index (Phi) is 6.09. The molecule has 0 radical (unpaired) electrons. The number of amides is 1. The molecule has 7 heteroatoms. The maximum atomic E-state index is 12.6. The molecule has 25 heavy (non-hydrogen) atoms. The Labute approximate surface area is 156 Å². The van der Waals surface area contributed by atoms with Crippen LogP contribution in [-0.4, -0.2) is 40.3 Å². The van der Waals surface area contributed by atoms with E-state index in [9.17, 15) is 4.79 Å². The van der Waals surface area contributed by atoms with Gasteiger partial charge in [-0.3, -0.25) is 4.79 Å². The molecule has 1 aromatic carbocycles. The molecule has 1 aromatic heterocycles. The molecule has 1 atom stereocenters. The summed E-state index contributed by atoms with van der Waals surface area (Å²) in [7, 11) is 1.91. The van der Waals surface area contributed by atoms with Crippen molar-refractivity contribution >= 4 is 34.1 Å². The van der Waals surface area contributed by atoms with Crippen molar-refractivity contribution < 1.29 is 4.79 Å². The van der Waals surface area contributed by atoms with E-state index in [2.05, 4.69) is 46.4 Å². The van der Waals surface area contributed by atoms with Crippen LogP contribution in [0.4, 0.5) is 5.13 Å². The summed E-state index contributed by atoms with van der Waals surface area (Å²) in [6, 6.07) is 8.64. The molecule has 3 rings (SSSR count). The van der Waals surface area contributed by atoms with Gasteiger partial charge in [-0.25, -0.2) is 0 Å². The van der Waals surface area contributed by atoms with Gasteiger partial charge < -0.3 is 10.2 Å². The van der Waals surface area contributed by atoms with Crippen LogP contribution < -0.4 is 5.32 Å². The second kappa shape index (κ2) is 8.49.